The van der Waals surface area contributed by atoms with Crippen molar-refractivity contribution in [2.24, 2.45) is 0 Å². The monoisotopic (exact) mass is 464 g/mol. The van der Waals surface area contributed by atoms with Crippen LogP contribution in [0.5, 0.6) is 11.5 Å². The average molecular weight is 465 g/mol. The van der Waals surface area contributed by atoms with Gasteiger partial charge in [-0.1, -0.05) is 48.0 Å². The average Bonchev–Trinajstić information content (AvgIpc) is 3.24. The van der Waals surface area contributed by atoms with Crippen LogP contribution in [0.15, 0.2) is 72.9 Å². The highest BCUT2D eigenvalue weighted by Gasteiger charge is 2.19. The Labute approximate surface area is 197 Å². The molecule has 0 amide bonds. The van der Waals surface area contributed by atoms with Gasteiger partial charge in [-0.25, -0.2) is 0 Å². The Morgan fingerprint density at radius 3 is 2.58 bits per heavy atom. The van der Waals surface area contributed by atoms with Gasteiger partial charge >= 0.3 is 5.97 Å². The first kappa shape index (κ1) is 22.7. The van der Waals surface area contributed by atoms with Crippen LogP contribution in [0.1, 0.15) is 16.7 Å². The second kappa shape index (κ2) is 10.4. The molecule has 0 spiro atoms. The van der Waals surface area contributed by atoms with E-state index in [1.807, 2.05) is 72.9 Å². The maximum Gasteiger partial charge on any atom is 0.321 e. The summed E-state index contributed by atoms with van der Waals surface area (Å²) in [6, 6.07) is 20.2. The third kappa shape index (κ3) is 5.66. The number of hydrogen-bond donors (Lipinski definition) is 3. The fraction of sp³-hybridized carbons (Fsp3) is 0.192. The normalized spacial score (nSPS) is 11.9. The molecular weight excluding hydrogens is 440 g/mol. The summed E-state index contributed by atoms with van der Waals surface area (Å²) in [6.07, 6.45) is 2.25. The van der Waals surface area contributed by atoms with E-state index in [0.717, 1.165) is 27.6 Å². The molecule has 1 atom stereocenters. The lowest BCUT2D eigenvalue weighted by Gasteiger charge is -2.16. The molecule has 0 fully saturated rings. The number of H-pyrrole nitrogens is 1. The van der Waals surface area contributed by atoms with Gasteiger partial charge in [-0.3, -0.25) is 4.79 Å². The smallest absolute Gasteiger partial charge is 0.321 e. The van der Waals surface area contributed by atoms with Crippen molar-refractivity contribution in [3.05, 3.63) is 94.6 Å². The van der Waals surface area contributed by atoms with Gasteiger partial charge in [-0.05, 0) is 47.0 Å². The number of fused-ring (bicyclic) bond motifs is 1. The summed E-state index contributed by atoms with van der Waals surface area (Å²) < 4.78 is 11.4. The minimum absolute atomic E-state index is 0.374. The van der Waals surface area contributed by atoms with Crippen LogP contribution in [0.2, 0.25) is 5.02 Å². The topological polar surface area (TPSA) is 83.6 Å². The highest BCUT2D eigenvalue weighted by molar-refractivity contribution is 6.30. The largest absolute Gasteiger partial charge is 0.493 e. The van der Waals surface area contributed by atoms with Crippen molar-refractivity contribution in [3.8, 4) is 11.5 Å². The predicted octanol–water partition coefficient (Wildman–Crippen LogP) is 5.19. The highest BCUT2D eigenvalue weighted by atomic mass is 35.5. The molecule has 4 rings (SSSR count). The molecule has 6 nitrogen and oxygen atoms in total. The minimum atomic E-state index is -0.893. The zero-order chi connectivity index (χ0) is 23.2. The van der Waals surface area contributed by atoms with Crippen molar-refractivity contribution >= 4 is 28.5 Å². The number of para-hydroxylation sites is 1. The Morgan fingerprint density at radius 2 is 1.82 bits per heavy atom. The molecule has 1 aromatic heterocycles. The van der Waals surface area contributed by atoms with Gasteiger partial charge in [0.25, 0.3) is 0 Å². The first-order valence-electron chi connectivity index (χ1n) is 10.6. The Hall–Kier alpha value is -3.48. The molecule has 1 heterocycles. The lowest BCUT2D eigenvalue weighted by molar-refractivity contribution is -0.139. The number of hydrogen-bond acceptors (Lipinski definition) is 4. The fourth-order valence-corrected chi connectivity index (χ4v) is 3.82. The van der Waals surface area contributed by atoms with Crippen molar-refractivity contribution in [2.45, 2.75) is 25.6 Å². The first-order chi connectivity index (χ1) is 16.0. The van der Waals surface area contributed by atoms with Gasteiger partial charge in [0.15, 0.2) is 11.5 Å². The van der Waals surface area contributed by atoms with Crippen LogP contribution >= 0.6 is 11.6 Å². The fourth-order valence-electron chi connectivity index (χ4n) is 3.69. The Bertz CT molecular complexity index is 1240. The maximum atomic E-state index is 11.9. The van der Waals surface area contributed by atoms with E-state index in [2.05, 4.69) is 10.3 Å². The molecule has 0 aliphatic carbocycles. The third-order valence-corrected chi connectivity index (χ3v) is 5.74. The molecule has 0 bridgehead atoms. The summed E-state index contributed by atoms with van der Waals surface area (Å²) >= 11 is 5.93. The Morgan fingerprint density at radius 1 is 1.06 bits per heavy atom. The van der Waals surface area contributed by atoms with Crippen LogP contribution < -0.4 is 14.8 Å². The van der Waals surface area contributed by atoms with Crippen LogP contribution in [0.3, 0.4) is 0 Å². The standard InChI is InChI=1S/C26H25ClN2O4/c1-32-25-12-18(8-11-24(25)33-16-17-6-9-20(27)10-7-17)14-28-23(26(30)31)13-19-15-29-22-5-3-2-4-21(19)22/h2-12,15,23,28-29H,13-14,16H2,1H3,(H,30,31). The zero-order valence-corrected chi connectivity index (χ0v) is 18.9. The molecule has 0 aliphatic heterocycles. The molecule has 7 heteroatoms. The van der Waals surface area contributed by atoms with Gasteiger partial charge in [-0.2, -0.15) is 0 Å². The van der Waals surface area contributed by atoms with E-state index in [0.29, 0.717) is 36.1 Å². The van der Waals surface area contributed by atoms with Crippen molar-refractivity contribution in [2.75, 3.05) is 7.11 Å². The zero-order valence-electron chi connectivity index (χ0n) is 18.2. The number of carboxylic acid groups (broad SMARTS) is 1. The van der Waals surface area contributed by atoms with E-state index in [1.165, 1.54) is 0 Å². The molecule has 170 valence electrons. The molecule has 0 radical (unpaired) electrons. The van der Waals surface area contributed by atoms with Gasteiger partial charge in [-0.15, -0.1) is 0 Å². The van der Waals surface area contributed by atoms with Crippen LogP contribution in [-0.2, 0) is 24.4 Å². The summed E-state index contributed by atoms with van der Waals surface area (Å²) in [6.45, 7) is 0.768. The lowest BCUT2D eigenvalue weighted by Crippen LogP contribution is -2.38. The number of halogens is 1. The van der Waals surface area contributed by atoms with E-state index in [1.54, 1.807) is 7.11 Å². The maximum absolute atomic E-state index is 11.9. The number of methoxy groups -OCH3 is 1. The van der Waals surface area contributed by atoms with Gasteiger partial charge < -0.3 is 24.9 Å². The summed E-state index contributed by atoms with van der Waals surface area (Å²) in [5, 5.41) is 14.6. The van der Waals surface area contributed by atoms with Crippen LogP contribution in [0.4, 0.5) is 0 Å². The van der Waals surface area contributed by atoms with Crippen molar-refractivity contribution in [3.63, 3.8) is 0 Å². The Kier molecular flexibility index (Phi) is 7.17. The second-order valence-corrected chi connectivity index (χ2v) is 8.17. The summed E-state index contributed by atoms with van der Waals surface area (Å²) in [5.74, 6) is 0.312. The number of aromatic amines is 1. The van der Waals surface area contributed by atoms with E-state index in [4.69, 9.17) is 21.1 Å². The van der Waals surface area contributed by atoms with E-state index in [9.17, 15) is 9.90 Å². The number of ether oxygens (including phenoxy) is 2. The summed E-state index contributed by atoms with van der Waals surface area (Å²) in [4.78, 5) is 15.1. The van der Waals surface area contributed by atoms with Crippen molar-refractivity contribution in [1.29, 1.82) is 0 Å². The van der Waals surface area contributed by atoms with Crippen molar-refractivity contribution in [1.82, 2.24) is 10.3 Å². The van der Waals surface area contributed by atoms with Gasteiger partial charge in [0, 0.05) is 35.1 Å². The number of carbonyl (C=O) groups is 1. The SMILES string of the molecule is COc1cc(CNC(Cc2c[nH]c3ccccc23)C(=O)O)ccc1OCc1ccc(Cl)cc1. The quantitative estimate of drug-likeness (QED) is 0.300. The number of aromatic nitrogens is 1. The number of benzene rings is 3. The number of aliphatic carboxylic acids is 1. The molecule has 3 aromatic carbocycles. The van der Waals surface area contributed by atoms with Gasteiger partial charge in [0.1, 0.15) is 12.6 Å². The number of rotatable bonds is 10. The van der Waals surface area contributed by atoms with E-state index in [-0.39, 0.29) is 0 Å². The van der Waals surface area contributed by atoms with Crippen molar-refractivity contribution < 1.29 is 19.4 Å². The lowest BCUT2D eigenvalue weighted by atomic mass is 10.0. The van der Waals surface area contributed by atoms with Crippen LogP contribution in [-0.4, -0.2) is 29.2 Å². The molecule has 4 aromatic rings. The van der Waals surface area contributed by atoms with Gasteiger partial charge in [0.2, 0.25) is 0 Å². The number of nitrogens with one attached hydrogen (secondary N) is 2. The molecule has 0 saturated heterocycles. The molecule has 0 saturated carbocycles. The molecule has 1 unspecified atom stereocenters. The van der Waals surface area contributed by atoms with E-state index >= 15 is 0 Å². The summed E-state index contributed by atoms with van der Waals surface area (Å²) in [7, 11) is 1.58. The molecule has 0 aliphatic rings. The molecule has 3 N–H and O–H groups in total. The van der Waals surface area contributed by atoms with Crippen LogP contribution in [0, 0.1) is 0 Å². The molecule has 33 heavy (non-hydrogen) atoms. The predicted molar refractivity (Wildman–Crippen MR) is 129 cm³/mol. The Balaban J connectivity index is 1.40. The minimum Gasteiger partial charge on any atom is -0.493 e. The second-order valence-electron chi connectivity index (χ2n) is 7.74. The summed E-state index contributed by atoms with van der Waals surface area (Å²) in [5.41, 5.74) is 3.86. The molecular formula is C26H25ClN2O4. The first-order valence-corrected chi connectivity index (χ1v) is 11.0. The van der Waals surface area contributed by atoms with E-state index < -0.39 is 12.0 Å². The highest BCUT2D eigenvalue weighted by Crippen LogP contribution is 2.29. The van der Waals surface area contributed by atoms with Crippen LogP contribution in [0.25, 0.3) is 10.9 Å². The van der Waals surface area contributed by atoms with Gasteiger partial charge in [0.05, 0.1) is 7.11 Å². The number of carboxylic acids is 1. The third-order valence-electron chi connectivity index (χ3n) is 5.49.